The Morgan fingerprint density at radius 1 is 1.77 bits per heavy atom. The second-order valence-electron chi connectivity index (χ2n) is 2.51. The van der Waals surface area contributed by atoms with E-state index in [0.29, 0.717) is 5.76 Å². The van der Waals surface area contributed by atoms with E-state index in [4.69, 9.17) is 10.2 Å². The van der Waals surface area contributed by atoms with Gasteiger partial charge >= 0.3 is 5.97 Å². The van der Waals surface area contributed by atoms with Gasteiger partial charge in [-0.25, -0.2) is 4.79 Å². The van der Waals surface area contributed by atoms with Gasteiger partial charge in [0.25, 0.3) is 0 Å². The van der Waals surface area contributed by atoms with Crippen molar-refractivity contribution in [3.63, 3.8) is 0 Å². The predicted molar refractivity (Wildman–Crippen MR) is 43.7 cm³/mol. The lowest BCUT2D eigenvalue weighted by Crippen LogP contribution is -2.33. The number of hydrogen-bond acceptors (Lipinski definition) is 5. The monoisotopic (exact) mass is 185 g/mol. The molecule has 1 heterocycles. The molecule has 13 heavy (non-hydrogen) atoms. The van der Waals surface area contributed by atoms with Crippen molar-refractivity contribution in [2.45, 2.75) is 12.1 Å². The average Bonchev–Trinajstić information content (AvgIpc) is 2.67. The zero-order valence-electron chi connectivity index (χ0n) is 7.14. The Hall–Kier alpha value is -1.33. The van der Waals surface area contributed by atoms with Gasteiger partial charge in [-0.05, 0) is 12.1 Å². The second-order valence-corrected chi connectivity index (χ2v) is 2.51. The summed E-state index contributed by atoms with van der Waals surface area (Å²) in [5, 5.41) is 9.30. The number of ether oxygens (including phenoxy) is 1. The van der Waals surface area contributed by atoms with Gasteiger partial charge in [0.2, 0.25) is 0 Å². The topological polar surface area (TPSA) is 85.7 Å². The molecule has 72 valence electrons. The fourth-order valence-electron chi connectivity index (χ4n) is 0.904. The molecular formula is C8H11NO4. The maximum atomic E-state index is 10.9. The molecule has 2 unspecified atom stereocenters. The second kappa shape index (κ2) is 4.06. The van der Waals surface area contributed by atoms with E-state index in [0.717, 1.165) is 0 Å². The summed E-state index contributed by atoms with van der Waals surface area (Å²) in [6, 6.07) is 2.32. The van der Waals surface area contributed by atoms with E-state index in [1.54, 1.807) is 12.1 Å². The Labute approximate surface area is 75.1 Å². The average molecular weight is 185 g/mol. The van der Waals surface area contributed by atoms with Crippen molar-refractivity contribution in [3.05, 3.63) is 24.2 Å². The van der Waals surface area contributed by atoms with Crippen molar-refractivity contribution in [3.8, 4) is 0 Å². The van der Waals surface area contributed by atoms with Crippen molar-refractivity contribution < 1.29 is 19.1 Å². The summed E-state index contributed by atoms with van der Waals surface area (Å²) < 4.78 is 9.24. The molecule has 1 rings (SSSR count). The van der Waals surface area contributed by atoms with E-state index < -0.39 is 18.1 Å². The molecule has 0 spiro atoms. The molecule has 0 fully saturated rings. The van der Waals surface area contributed by atoms with Crippen molar-refractivity contribution in [2.24, 2.45) is 5.73 Å². The molecule has 0 saturated heterocycles. The molecule has 5 nitrogen and oxygen atoms in total. The van der Waals surface area contributed by atoms with Crippen LogP contribution in [0, 0.1) is 0 Å². The molecule has 5 heteroatoms. The van der Waals surface area contributed by atoms with Crippen LogP contribution in [0.4, 0.5) is 0 Å². The van der Waals surface area contributed by atoms with Gasteiger partial charge in [-0.3, -0.25) is 0 Å². The number of carbonyl (C=O) groups is 1. The number of furan rings is 1. The molecule has 1 aromatic heterocycles. The third-order valence-electron chi connectivity index (χ3n) is 1.65. The first kappa shape index (κ1) is 9.76. The standard InChI is InChI=1S/C8H11NO4/c1-12-8(11)7(10)6(9)5-3-2-4-13-5/h2-4,6-7,10H,9H2,1H3. The number of methoxy groups -OCH3 is 1. The van der Waals surface area contributed by atoms with Crippen molar-refractivity contribution >= 4 is 5.97 Å². The Bertz CT molecular complexity index is 270. The molecular weight excluding hydrogens is 174 g/mol. The highest BCUT2D eigenvalue weighted by Crippen LogP contribution is 2.15. The molecule has 0 amide bonds. The molecule has 0 aliphatic heterocycles. The molecule has 0 aromatic carbocycles. The van der Waals surface area contributed by atoms with Crippen LogP contribution in [0.5, 0.6) is 0 Å². The van der Waals surface area contributed by atoms with Crippen LogP contribution in [0.3, 0.4) is 0 Å². The lowest BCUT2D eigenvalue weighted by Gasteiger charge is -2.13. The lowest BCUT2D eigenvalue weighted by atomic mass is 10.1. The third kappa shape index (κ3) is 2.07. The Kier molecular flexibility index (Phi) is 3.05. The van der Waals surface area contributed by atoms with Crippen LogP contribution >= 0.6 is 0 Å². The number of nitrogens with two attached hydrogens (primary N) is 1. The van der Waals surface area contributed by atoms with Gasteiger partial charge < -0.3 is 20.0 Å². The largest absolute Gasteiger partial charge is 0.468 e. The van der Waals surface area contributed by atoms with E-state index in [-0.39, 0.29) is 0 Å². The fourth-order valence-corrected chi connectivity index (χ4v) is 0.904. The van der Waals surface area contributed by atoms with Crippen LogP contribution in [0.15, 0.2) is 22.8 Å². The van der Waals surface area contributed by atoms with E-state index in [1.807, 2.05) is 0 Å². The highest BCUT2D eigenvalue weighted by molar-refractivity contribution is 5.75. The van der Waals surface area contributed by atoms with Crippen molar-refractivity contribution in [2.75, 3.05) is 7.11 Å². The minimum Gasteiger partial charge on any atom is -0.468 e. The summed E-state index contributed by atoms with van der Waals surface area (Å²) in [7, 11) is 1.18. The summed E-state index contributed by atoms with van der Waals surface area (Å²) in [5.41, 5.74) is 5.51. The Balaban J connectivity index is 2.68. The van der Waals surface area contributed by atoms with E-state index in [2.05, 4.69) is 4.74 Å². The van der Waals surface area contributed by atoms with Gasteiger partial charge in [0.05, 0.1) is 13.4 Å². The molecule has 3 N–H and O–H groups in total. The normalized spacial score (nSPS) is 15.0. The quantitative estimate of drug-likeness (QED) is 0.637. The third-order valence-corrected chi connectivity index (χ3v) is 1.65. The summed E-state index contributed by atoms with van der Waals surface area (Å²) in [6.07, 6.45) is 0.0234. The van der Waals surface area contributed by atoms with Crippen molar-refractivity contribution in [1.29, 1.82) is 0 Å². The van der Waals surface area contributed by atoms with Crippen LogP contribution in [-0.2, 0) is 9.53 Å². The minimum absolute atomic E-state index is 0.345. The summed E-state index contributed by atoms with van der Waals surface area (Å²) in [5.74, 6) is -0.429. The van der Waals surface area contributed by atoms with Crippen LogP contribution in [0.1, 0.15) is 11.8 Å². The lowest BCUT2D eigenvalue weighted by molar-refractivity contribution is -0.151. The number of hydrogen-bond donors (Lipinski definition) is 2. The maximum Gasteiger partial charge on any atom is 0.336 e. The summed E-state index contributed by atoms with van der Waals surface area (Å²) in [4.78, 5) is 10.9. The van der Waals surface area contributed by atoms with Gasteiger partial charge in [0.1, 0.15) is 11.8 Å². The van der Waals surface area contributed by atoms with Crippen LogP contribution in [-0.4, -0.2) is 24.3 Å². The number of esters is 1. The maximum absolute atomic E-state index is 10.9. The van der Waals surface area contributed by atoms with Gasteiger partial charge in [0, 0.05) is 0 Å². The van der Waals surface area contributed by atoms with E-state index >= 15 is 0 Å². The van der Waals surface area contributed by atoms with Crippen molar-refractivity contribution in [1.82, 2.24) is 0 Å². The minimum atomic E-state index is -1.39. The fraction of sp³-hybridized carbons (Fsp3) is 0.375. The molecule has 0 aliphatic rings. The highest BCUT2D eigenvalue weighted by Gasteiger charge is 2.26. The van der Waals surface area contributed by atoms with E-state index in [1.165, 1.54) is 13.4 Å². The van der Waals surface area contributed by atoms with E-state index in [9.17, 15) is 9.90 Å². The number of aliphatic hydroxyl groups excluding tert-OH is 1. The smallest absolute Gasteiger partial charge is 0.336 e. The van der Waals surface area contributed by atoms with Gasteiger partial charge in [-0.2, -0.15) is 0 Å². The van der Waals surface area contributed by atoms with Gasteiger partial charge in [-0.15, -0.1) is 0 Å². The Morgan fingerprint density at radius 3 is 2.92 bits per heavy atom. The predicted octanol–water partition coefficient (Wildman–Crippen LogP) is -0.187. The first-order chi connectivity index (χ1) is 6.16. The molecule has 1 aromatic rings. The van der Waals surface area contributed by atoms with Crippen LogP contribution < -0.4 is 5.73 Å². The molecule has 0 aliphatic carbocycles. The summed E-state index contributed by atoms with van der Waals surface area (Å²) in [6.45, 7) is 0. The zero-order chi connectivity index (χ0) is 9.84. The first-order valence-corrected chi connectivity index (χ1v) is 3.71. The number of carbonyl (C=O) groups excluding carboxylic acids is 1. The summed E-state index contributed by atoms with van der Waals surface area (Å²) >= 11 is 0. The highest BCUT2D eigenvalue weighted by atomic mass is 16.5. The molecule has 2 atom stereocenters. The molecule has 0 bridgehead atoms. The van der Waals surface area contributed by atoms with Crippen LogP contribution in [0.25, 0.3) is 0 Å². The Morgan fingerprint density at radius 2 is 2.46 bits per heavy atom. The number of rotatable bonds is 3. The van der Waals surface area contributed by atoms with Crippen LogP contribution in [0.2, 0.25) is 0 Å². The molecule has 0 radical (unpaired) electrons. The zero-order valence-corrected chi connectivity index (χ0v) is 7.14. The SMILES string of the molecule is COC(=O)C(O)C(N)c1ccco1. The number of aliphatic hydroxyl groups is 1. The van der Waals surface area contributed by atoms with Gasteiger partial charge in [0.15, 0.2) is 6.10 Å². The first-order valence-electron chi connectivity index (χ1n) is 3.71. The molecule has 0 saturated carbocycles. The van der Waals surface area contributed by atoms with Gasteiger partial charge in [-0.1, -0.05) is 0 Å².